The molecule has 140 valence electrons. The molecule has 1 amide bonds. The highest BCUT2D eigenvalue weighted by molar-refractivity contribution is 7.81. The standard InChI is InChI=1S/C19H20N4O3S/c1-2-26-19(25)15(18(27)21-14-11-7-4-8-12-14)16(20)22-23-17(24)13-9-5-3-6-10-13/h3-12,22H,2,20H2,1H3,(H,21,27)(H,23,24)/b16-15-. The van der Waals surface area contributed by atoms with Crippen LogP contribution in [-0.2, 0) is 9.53 Å². The normalized spacial score (nSPS) is 11.0. The quantitative estimate of drug-likeness (QED) is 0.251. The second kappa shape index (κ2) is 9.93. The zero-order valence-corrected chi connectivity index (χ0v) is 15.5. The summed E-state index contributed by atoms with van der Waals surface area (Å²) in [5.41, 5.74) is 11.9. The first-order valence-electron chi connectivity index (χ1n) is 8.17. The molecule has 0 spiro atoms. The third kappa shape index (κ3) is 5.82. The summed E-state index contributed by atoms with van der Waals surface area (Å²) < 4.78 is 5.02. The Morgan fingerprint density at radius 1 is 1.00 bits per heavy atom. The van der Waals surface area contributed by atoms with Gasteiger partial charge in [0.15, 0.2) is 0 Å². The van der Waals surface area contributed by atoms with Crippen LogP contribution in [0.1, 0.15) is 17.3 Å². The van der Waals surface area contributed by atoms with E-state index in [2.05, 4.69) is 16.2 Å². The van der Waals surface area contributed by atoms with Gasteiger partial charge in [0.1, 0.15) is 16.4 Å². The van der Waals surface area contributed by atoms with Crippen molar-refractivity contribution in [2.75, 3.05) is 11.9 Å². The summed E-state index contributed by atoms with van der Waals surface area (Å²) in [5.74, 6) is -1.25. The van der Waals surface area contributed by atoms with Crippen molar-refractivity contribution in [1.82, 2.24) is 10.9 Å². The average Bonchev–Trinajstić information content (AvgIpc) is 2.68. The molecule has 8 heteroatoms. The molecule has 0 radical (unpaired) electrons. The molecule has 0 saturated heterocycles. The molecule has 2 aromatic carbocycles. The van der Waals surface area contributed by atoms with Gasteiger partial charge in [-0.15, -0.1) is 0 Å². The first-order valence-corrected chi connectivity index (χ1v) is 8.58. The minimum atomic E-state index is -0.704. The van der Waals surface area contributed by atoms with E-state index in [-0.39, 0.29) is 23.0 Å². The van der Waals surface area contributed by atoms with Crippen molar-refractivity contribution < 1.29 is 14.3 Å². The maximum absolute atomic E-state index is 12.3. The number of rotatable bonds is 7. The Balaban J connectivity index is 2.16. The molecule has 0 aliphatic heterocycles. The number of benzene rings is 2. The van der Waals surface area contributed by atoms with Gasteiger partial charge in [0.2, 0.25) is 0 Å². The Bertz CT molecular complexity index is 839. The molecule has 0 saturated carbocycles. The number of anilines is 1. The first kappa shape index (κ1) is 19.9. The number of hydrazine groups is 1. The molecule has 5 N–H and O–H groups in total. The van der Waals surface area contributed by atoms with Gasteiger partial charge in [-0.2, -0.15) is 0 Å². The van der Waals surface area contributed by atoms with Crippen LogP contribution in [0.25, 0.3) is 0 Å². The molecule has 0 fully saturated rings. The van der Waals surface area contributed by atoms with Crippen LogP contribution in [0.5, 0.6) is 0 Å². The average molecular weight is 384 g/mol. The monoisotopic (exact) mass is 384 g/mol. The minimum Gasteiger partial charge on any atom is -0.462 e. The van der Waals surface area contributed by atoms with Crippen LogP contribution in [0.2, 0.25) is 0 Å². The van der Waals surface area contributed by atoms with Crippen molar-refractivity contribution >= 4 is 34.8 Å². The van der Waals surface area contributed by atoms with Gasteiger partial charge in [-0.1, -0.05) is 48.6 Å². The highest BCUT2D eigenvalue weighted by atomic mass is 32.1. The Labute approximate surface area is 162 Å². The zero-order valence-electron chi connectivity index (χ0n) is 14.7. The Morgan fingerprint density at radius 3 is 2.19 bits per heavy atom. The highest BCUT2D eigenvalue weighted by Gasteiger charge is 2.21. The van der Waals surface area contributed by atoms with Crippen LogP contribution in [0, 0.1) is 0 Å². The lowest BCUT2D eigenvalue weighted by atomic mass is 10.2. The number of ether oxygens (including phenoxy) is 1. The molecule has 0 unspecified atom stereocenters. The number of esters is 1. The van der Waals surface area contributed by atoms with Gasteiger partial charge in [-0.3, -0.25) is 15.6 Å². The molecule has 0 aliphatic rings. The van der Waals surface area contributed by atoms with E-state index in [1.54, 1.807) is 49.4 Å². The van der Waals surface area contributed by atoms with Gasteiger partial charge in [0.25, 0.3) is 5.91 Å². The summed E-state index contributed by atoms with van der Waals surface area (Å²) in [7, 11) is 0. The first-order chi connectivity index (χ1) is 13.0. The smallest absolute Gasteiger partial charge is 0.344 e. The number of nitrogens with two attached hydrogens (primary N) is 1. The van der Waals surface area contributed by atoms with Crippen LogP contribution in [-0.4, -0.2) is 23.5 Å². The maximum Gasteiger partial charge on any atom is 0.344 e. The van der Waals surface area contributed by atoms with Crippen molar-refractivity contribution in [3.8, 4) is 0 Å². The van der Waals surface area contributed by atoms with Gasteiger partial charge < -0.3 is 15.8 Å². The molecule has 0 aromatic heterocycles. The zero-order chi connectivity index (χ0) is 19.6. The van der Waals surface area contributed by atoms with Crippen LogP contribution >= 0.6 is 12.2 Å². The van der Waals surface area contributed by atoms with Crippen LogP contribution in [0.4, 0.5) is 5.69 Å². The Hall–Kier alpha value is -3.39. The number of carbonyl (C=O) groups excluding carboxylic acids is 2. The second-order valence-electron chi connectivity index (χ2n) is 5.27. The lowest BCUT2D eigenvalue weighted by Gasteiger charge is -2.15. The van der Waals surface area contributed by atoms with E-state index in [9.17, 15) is 9.59 Å². The van der Waals surface area contributed by atoms with E-state index in [0.717, 1.165) is 0 Å². The third-order valence-electron chi connectivity index (χ3n) is 3.35. The second-order valence-corrected chi connectivity index (χ2v) is 5.68. The van der Waals surface area contributed by atoms with Crippen LogP contribution in [0.15, 0.2) is 72.1 Å². The van der Waals surface area contributed by atoms with Gasteiger partial charge in [0, 0.05) is 11.3 Å². The topological polar surface area (TPSA) is 105 Å². The molecular weight excluding hydrogens is 364 g/mol. The number of para-hydroxylation sites is 1. The molecule has 7 nitrogen and oxygen atoms in total. The highest BCUT2D eigenvalue weighted by Crippen LogP contribution is 2.11. The summed E-state index contributed by atoms with van der Waals surface area (Å²) in [6, 6.07) is 17.6. The molecular formula is C19H20N4O3S. The molecule has 0 atom stereocenters. The lowest BCUT2D eigenvalue weighted by Crippen LogP contribution is -2.42. The van der Waals surface area contributed by atoms with E-state index in [0.29, 0.717) is 11.3 Å². The lowest BCUT2D eigenvalue weighted by molar-refractivity contribution is -0.137. The number of carbonyl (C=O) groups is 2. The maximum atomic E-state index is 12.3. The minimum absolute atomic E-state index is 0.0682. The van der Waals surface area contributed by atoms with Gasteiger partial charge in [-0.05, 0) is 31.2 Å². The summed E-state index contributed by atoms with van der Waals surface area (Å²) >= 11 is 5.29. The van der Waals surface area contributed by atoms with E-state index < -0.39 is 11.9 Å². The Kier molecular flexibility index (Phi) is 7.33. The SMILES string of the molecule is CCOC(=O)/C(C(=S)Nc1ccccc1)=C(/N)NNC(=O)c1ccccc1. The van der Waals surface area contributed by atoms with Crippen LogP contribution < -0.4 is 21.9 Å². The molecule has 0 bridgehead atoms. The van der Waals surface area contributed by atoms with Crippen molar-refractivity contribution in [2.45, 2.75) is 6.92 Å². The summed E-state index contributed by atoms with van der Waals surface area (Å²) in [5, 5.41) is 2.92. The number of hydrogen-bond acceptors (Lipinski definition) is 6. The van der Waals surface area contributed by atoms with E-state index in [4.69, 9.17) is 22.7 Å². The summed E-state index contributed by atoms with van der Waals surface area (Å²) in [6.45, 7) is 1.82. The van der Waals surface area contributed by atoms with Crippen molar-refractivity contribution in [3.05, 3.63) is 77.6 Å². The number of amides is 1. The summed E-state index contributed by atoms with van der Waals surface area (Å²) in [6.07, 6.45) is 0. The predicted molar refractivity (Wildman–Crippen MR) is 108 cm³/mol. The summed E-state index contributed by atoms with van der Waals surface area (Å²) in [4.78, 5) is 24.5. The fourth-order valence-corrected chi connectivity index (χ4v) is 2.40. The molecule has 27 heavy (non-hydrogen) atoms. The van der Waals surface area contributed by atoms with Gasteiger partial charge >= 0.3 is 5.97 Å². The fourth-order valence-electron chi connectivity index (χ4n) is 2.09. The number of thiocarbonyl (C=S) groups is 1. The van der Waals surface area contributed by atoms with Crippen LogP contribution in [0.3, 0.4) is 0 Å². The van der Waals surface area contributed by atoms with E-state index >= 15 is 0 Å². The third-order valence-corrected chi connectivity index (χ3v) is 3.66. The number of nitrogens with one attached hydrogen (secondary N) is 3. The fraction of sp³-hybridized carbons (Fsp3) is 0.105. The molecule has 0 heterocycles. The Morgan fingerprint density at radius 2 is 1.59 bits per heavy atom. The predicted octanol–water partition coefficient (Wildman–Crippen LogP) is 2.09. The van der Waals surface area contributed by atoms with E-state index in [1.807, 2.05) is 18.2 Å². The molecule has 2 rings (SSSR count). The van der Waals surface area contributed by atoms with Gasteiger partial charge in [0.05, 0.1) is 6.61 Å². The van der Waals surface area contributed by atoms with Crippen molar-refractivity contribution in [2.24, 2.45) is 5.73 Å². The van der Waals surface area contributed by atoms with Crippen molar-refractivity contribution in [3.63, 3.8) is 0 Å². The van der Waals surface area contributed by atoms with E-state index in [1.165, 1.54) is 0 Å². The van der Waals surface area contributed by atoms with Crippen molar-refractivity contribution in [1.29, 1.82) is 0 Å². The largest absolute Gasteiger partial charge is 0.462 e. The molecule has 0 aliphatic carbocycles. The van der Waals surface area contributed by atoms with Gasteiger partial charge in [-0.25, -0.2) is 4.79 Å². The number of hydrogen-bond donors (Lipinski definition) is 4. The molecule has 2 aromatic rings.